The molecular weight excluding hydrogens is 254 g/mol. The lowest BCUT2D eigenvalue weighted by Gasteiger charge is -2.13. The minimum atomic E-state index is 0.843. The molecule has 0 saturated heterocycles. The zero-order valence-electron chi connectivity index (χ0n) is 10.1. The van der Waals surface area contributed by atoms with Gasteiger partial charge >= 0.3 is 0 Å². The number of rotatable bonds is 5. The molecule has 2 heterocycles. The highest BCUT2D eigenvalue weighted by Gasteiger charge is 2.09. The van der Waals surface area contributed by atoms with Crippen LogP contribution in [0, 0.1) is 6.92 Å². The molecular formula is C10H15N5S2. The van der Waals surface area contributed by atoms with Crippen molar-refractivity contribution in [1.29, 1.82) is 0 Å². The third-order valence-corrected chi connectivity index (χ3v) is 4.07. The Kier molecular flexibility index (Phi) is 4.03. The van der Waals surface area contributed by atoms with Crippen LogP contribution in [0.4, 0.5) is 5.13 Å². The normalized spacial score (nSPS) is 11.1. The summed E-state index contributed by atoms with van der Waals surface area (Å²) in [6.07, 6.45) is 0. The van der Waals surface area contributed by atoms with Crippen molar-refractivity contribution in [3.8, 4) is 0 Å². The van der Waals surface area contributed by atoms with Crippen molar-refractivity contribution in [3.05, 3.63) is 21.6 Å². The van der Waals surface area contributed by atoms with E-state index in [1.807, 2.05) is 14.0 Å². The maximum Gasteiger partial charge on any atom is 0.182 e. The largest absolute Gasteiger partial charge is 0.365 e. The van der Waals surface area contributed by atoms with Crippen molar-refractivity contribution >= 4 is 28.0 Å². The Morgan fingerprint density at radius 1 is 1.41 bits per heavy atom. The van der Waals surface area contributed by atoms with Gasteiger partial charge in [-0.05, 0) is 25.5 Å². The van der Waals surface area contributed by atoms with Crippen molar-refractivity contribution in [2.45, 2.75) is 20.0 Å². The highest BCUT2D eigenvalue weighted by atomic mass is 32.1. The van der Waals surface area contributed by atoms with Gasteiger partial charge in [0.25, 0.3) is 0 Å². The number of nitrogens with one attached hydrogen (secondary N) is 1. The van der Waals surface area contributed by atoms with Gasteiger partial charge in [0, 0.05) is 25.5 Å². The zero-order valence-corrected chi connectivity index (χ0v) is 11.7. The highest BCUT2D eigenvalue weighted by molar-refractivity contribution is 7.13. The van der Waals surface area contributed by atoms with Crippen LogP contribution in [-0.2, 0) is 13.1 Å². The van der Waals surface area contributed by atoms with Crippen molar-refractivity contribution in [1.82, 2.24) is 19.5 Å². The number of aryl methyl sites for hydroxylation is 1. The molecule has 17 heavy (non-hydrogen) atoms. The lowest BCUT2D eigenvalue weighted by molar-refractivity contribution is 0.318. The second-order valence-corrected chi connectivity index (χ2v) is 5.54. The monoisotopic (exact) mass is 269 g/mol. The molecule has 0 unspecified atom stereocenters. The van der Waals surface area contributed by atoms with Crippen LogP contribution >= 0.6 is 22.9 Å². The lowest BCUT2D eigenvalue weighted by atomic mass is 10.3. The lowest BCUT2D eigenvalue weighted by Crippen LogP contribution is -2.17. The third kappa shape index (κ3) is 3.21. The van der Waals surface area contributed by atoms with Crippen LogP contribution in [0.15, 0.2) is 5.38 Å². The topological polar surface area (TPSA) is 53.9 Å². The number of anilines is 1. The quantitative estimate of drug-likeness (QED) is 0.899. The molecule has 0 fully saturated rings. The molecule has 0 aliphatic carbocycles. The number of hydrogen-bond donors (Lipinski definition) is 1. The Morgan fingerprint density at radius 2 is 2.24 bits per heavy atom. The van der Waals surface area contributed by atoms with Crippen LogP contribution < -0.4 is 5.32 Å². The van der Waals surface area contributed by atoms with Gasteiger partial charge in [0.2, 0.25) is 0 Å². The van der Waals surface area contributed by atoms with Gasteiger partial charge in [-0.15, -0.1) is 16.4 Å². The molecule has 0 aliphatic rings. The average Bonchev–Trinajstić information content (AvgIpc) is 2.89. The molecule has 2 aromatic heterocycles. The number of nitrogens with zero attached hydrogens (tertiary/aromatic N) is 4. The van der Waals surface area contributed by atoms with Crippen molar-refractivity contribution < 1.29 is 0 Å². The predicted molar refractivity (Wildman–Crippen MR) is 71.5 cm³/mol. The van der Waals surface area contributed by atoms with E-state index in [0.717, 1.165) is 29.6 Å². The van der Waals surface area contributed by atoms with Gasteiger partial charge < -0.3 is 5.32 Å². The first kappa shape index (κ1) is 12.4. The Balaban J connectivity index is 1.93. The fraction of sp³-hybridized carbons (Fsp3) is 0.500. The molecule has 1 N–H and O–H groups in total. The number of aromatic nitrogens is 3. The zero-order chi connectivity index (χ0) is 12.3. The molecule has 0 amide bonds. The molecule has 2 rings (SSSR count). The summed E-state index contributed by atoms with van der Waals surface area (Å²) in [5.74, 6) is 0. The smallest absolute Gasteiger partial charge is 0.182 e. The maximum atomic E-state index is 4.46. The van der Waals surface area contributed by atoms with Crippen LogP contribution in [0.25, 0.3) is 0 Å². The Bertz CT molecular complexity index is 479. The number of thiazole rings is 1. The molecule has 0 atom stereocenters. The van der Waals surface area contributed by atoms with Crippen LogP contribution in [0.2, 0.25) is 0 Å². The molecule has 0 aliphatic heterocycles. The summed E-state index contributed by atoms with van der Waals surface area (Å²) in [5.41, 5.74) is 2.12. The second kappa shape index (κ2) is 5.52. The fourth-order valence-electron chi connectivity index (χ4n) is 1.47. The fourth-order valence-corrected chi connectivity index (χ4v) is 2.84. The first-order valence-electron chi connectivity index (χ1n) is 5.27. The van der Waals surface area contributed by atoms with E-state index in [1.54, 1.807) is 11.3 Å². The maximum absolute atomic E-state index is 4.46. The van der Waals surface area contributed by atoms with E-state index in [0.29, 0.717) is 0 Å². The molecule has 0 spiro atoms. The first-order chi connectivity index (χ1) is 8.19. The molecule has 0 radical (unpaired) electrons. The molecule has 0 saturated carbocycles. The third-order valence-electron chi connectivity index (χ3n) is 2.36. The minimum Gasteiger partial charge on any atom is -0.365 e. The Hall–Kier alpha value is -1.05. The van der Waals surface area contributed by atoms with E-state index in [1.165, 1.54) is 16.4 Å². The summed E-state index contributed by atoms with van der Waals surface area (Å²) in [6.45, 7) is 3.71. The van der Waals surface area contributed by atoms with E-state index in [4.69, 9.17) is 0 Å². The summed E-state index contributed by atoms with van der Waals surface area (Å²) in [5, 5.41) is 10.1. The van der Waals surface area contributed by atoms with Crippen LogP contribution in [0.5, 0.6) is 0 Å². The Morgan fingerprint density at radius 3 is 2.82 bits per heavy atom. The van der Waals surface area contributed by atoms with E-state index in [2.05, 4.69) is 37.2 Å². The Labute approximate surface area is 109 Å². The van der Waals surface area contributed by atoms with Crippen LogP contribution in [-0.4, -0.2) is 33.6 Å². The predicted octanol–water partition coefficient (Wildman–Crippen LogP) is 1.98. The van der Waals surface area contributed by atoms with E-state index >= 15 is 0 Å². The highest BCUT2D eigenvalue weighted by Crippen LogP contribution is 2.17. The standard InChI is InChI=1S/C10H15N5S2/c1-7-9(17-14-13-7)5-15(3)4-8-6-16-10(11-2)12-8/h6H,4-5H2,1-3H3,(H,11,12). The molecule has 7 heteroatoms. The molecule has 0 bridgehead atoms. The van der Waals surface area contributed by atoms with Gasteiger partial charge in [-0.25, -0.2) is 4.98 Å². The van der Waals surface area contributed by atoms with Crippen molar-refractivity contribution in [2.75, 3.05) is 19.4 Å². The van der Waals surface area contributed by atoms with Gasteiger partial charge in [-0.2, -0.15) is 0 Å². The van der Waals surface area contributed by atoms with Crippen LogP contribution in [0.3, 0.4) is 0 Å². The number of hydrogen-bond acceptors (Lipinski definition) is 7. The SMILES string of the molecule is CNc1nc(CN(C)Cc2snnc2C)cs1. The van der Waals surface area contributed by atoms with E-state index in [-0.39, 0.29) is 0 Å². The van der Waals surface area contributed by atoms with E-state index < -0.39 is 0 Å². The summed E-state index contributed by atoms with van der Waals surface area (Å²) >= 11 is 3.10. The van der Waals surface area contributed by atoms with Crippen molar-refractivity contribution in [2.24, 2.45) is 0 Å². The molecule has 0 aromatic carbocycles. The van der Waals surface area contributed by atoms with Gasteiger partial charge in [-0.3, -0.25) is 4.90 Å². The summed E-state index contributed by atoms with van der Waals surface area (Å²) in [7, 11) is 3.97. The summed E-state index contributed by atoms with van der Waals surface area (Å²) < 4.78 is 3.94. The molecule has 92 valence electrons. The van der Waals surface area contributed by atoms with Crippen LogP contribution in [0.1, 0.15) is 16.3 Å². The summed E-state index contributed by atoms with van der Waals surface area (Å²) in [4.78, 5) is 7.90. The van der Waals surface area contributed by atoms with Gasteiger partial charge in [-0.1, -0.05) is 4.49 Å². The van der Waals surface area contributed by atoms with E-state index in [9.17, 15) is 0 Å². The first-order valence-corrected chi connectivity index (χ1v) is 6.93. The second-order valence-electron chi connectivity index (χ2n) is 3.85. The average molecular weight is 269 g/mol. The van der Waals surface area contributed by atoms with Crippen molar-refractivity contribution in [3.63, 3.8) is 0 Å². The van der Waals surface area contributed by atoms with Gasteiger partial charge in [0.05, 0.1) is 16.3 Å². The van der Waals surface area contributed by atoms with Gasteiger partial charge in [0.15, 0.2) is 5.13 Å². The minimum absolute atomic E-state index is 0.843. The van der Waals surface area contributed by atoms with Gasteiger partial charge in [0.1, 0.15) is 0 Å². The molecule has 2 aromatic rings. The summed E-state index contributed by atoms with van der Waals surface area (Å²) in [6, 6.07) is 0. The molecule has 5 nitrogen and oxygen atoms in total.